The molecule has 2 heterocycles. The van der Waals surface area contributed by atoms with E-state index >= 15 is 0 Å². The number of rotatable bonds is 2. The quantitative estimate of drug-likeness (QED) is 0.793. The van der Waals surface area contributed by atoms with Crippen LogP contribution in [0.5, 0.6) is 0 Å². The summed E-state index contributed by atoms with van der Waals surface area (Å²) in [7, 11) is 0. The molecule has 3 nitrogen and oxygen atoms in total. The Morgan fingerprint density at radius 1 is 1.47 bits per heavy atom. The highest BCUT2D eigenvalue weighted by Crippen LogP contribution is 2.59. The summed E-state index contributed by atoms with van der Waals surface area (Å²) >= 11 is 0. The van der Waals surface area contributed by atoms with Crippen LogP contribution in [0, 0.1) is 17.2 Å². The number of piperidine rings is 1. The molecule has 1 aromatic heterocycles. The van der Waals surface area contributed by atoms with E-state index < -0.39 is 5.82 Å². The van der Waals surface area contributed by atoms with E-state index in [4.69, 9.17) is 0 Å². The molecule has 0 aromatic carbocycles. The van der Waals surface area contributed by atoms with Crippen molar-refractivity contribution in [3.63, 3.8) is 0 Å². The minimum Gasteiger partial charge on any atom is -0.317 e. The Bertz CT molecular complexity index is 454. The molecule has 1 aliphatic heterocycles. The number of aromatic nitrogens is 1. The largest absolute Gasteiger partial charge is 0.317 e. The van der Waals surface area contributed by atoms with E-state index in [0.29, 0.717) is 0 Å². The van der Waals surface area contributed by atoms with Gasteiger partial charge in [-0.2, -0.15) is 0 Å². The Morgan fingerprint density at radius 3 is 2.94 bits per heavy atom. The van der Waals surface area contributed by atoms with Gasteiger partial charge in [0, 0.05) is 12.1 Å². The van der Waals surface area contributed by atoms with Crippen LogP contribution in [0.15, 0.2) is 18.5 Å². The summed E-state index contributed by atoms with van der Waals surface area (Å²) < 4.78 is 13.5. The lowest BCUT2D eigenvalue weighted by atomic mass is 9.89. The van der Waals surface area contributed by atoms with Gasteiger partial charge in [-0.3, -0.25) is 9.78 Å². The first-order valence-electron chi connectivity index (χ1n) is 6.07. The van der Waals surface area contributed by atoms with Crippen LogP contribution in [0.3, 0.4) is 0 Å². The van der Waals surface area contributed by atoms with Gasteiger partial charge in [-0.25, -0.2) is 4.39 Å². The third-order valence-corrected chi connectivity index (χ3v) is 4.14. The molecule has 0 bridgehead atoms. The van der Waals surface area contributed by atoms with E-state index in [9.17, 15) is 9.18 Å². The van der Waals surface area contributed by atoms with Crippen LogP contribution < -0.4 is 5.32 Å². The van der Waals surface area contributed by atoms with Crippen LogP contribution in [0.25, 0.3) is 0 Å². The number of carbonyl (C=O) groups excluding carboxylic acids is 1. The summed E-state index contributed by atoms with van der Waals surface area (Å²) in [6.45, 7) is 1.95. The number of Topliss-reactive ketones (excluding diaryl/α,β-unsaturated/α-hetero) is 1. The van der Waals surface area contributed by atoms with Crippen LogP contribution in [0.1, 0.15) is 29.6 Å². The molecule has 90 valence electrons. The van der Waals surface area contributed by atoms with Crippen LogP contribution in [-0.4, -0.2) is 23.9 Å². The number of ketones is 1. The Kier molecular flexibility index (Phi) is 2.47. The zero-order valence-electron chi connectivity index (χ0n) is 9.58. The van der Waals surface area contributed by atoms with E-state index in [1.807, 2.05) is 0 Å². The fourth-order valence-electron chi connectivity index (χ4n) is 2.96. The fraction of sp³-hybridized carbons (Fsp3) is 0.538. The van der Waals surface area contributed by atoms with Gasteiger partial charge in [-0.1, -0.05) is 0 Å². The highest BCUT2D eigenvalue weighted by molar-refractivity contribution is 6.00. The smallest absolute Gasteiger partial charge is 0.169 e. The molecule has 0 radical (unpaired) electrons. The predicted octanol–water partition coefficient (Wildman–Crippen LogP) is 1.79. The van der Waals surface area contributed by atoms with E-state index in [1.54, 1.807) is 0 Å². The molecule has 1 atom stereocenters. The molecular formula is C13H15FN2O. The van der Waals surface area contributed by atoms with E-state index in [1.165, 1.54) is 12.3 Å². The van der Waals surface area contributed by atoms with Crippen molar-refractivity contribution in [2.75, 3.05) is 13.1 Å². The fourth-order valence-corrected chi connectivity index (χ4v) is 2.96. The van der Waals surface area contributed by atoms with Gasteiger partial charge in [0.15, 0.2) is 11.6 Å². The lowest BCUT2D eigenvalue weighted by Gasteiger charge is -2.23. The zero-order chi connectivity index (χ0) is 11.9. The average Bonchev–Trinajstić information content (AvgIpc) is 3.04. The second-order valence-electron chi connectivity index (χ2n) is 5.09. The van der Waals surface area contributed by atoms with Gasteiger partial charge in [-0.15, -0.1) is 0 Å². The Hall–Kier alpha value is -1.29. The van der Waals surface area contributed by atoms with Crippen LogP contribution >= 0.6 is 0 Å². The number of hydrogen-bond acceptors (Lipinski definition) is 3. The molecule has 1 aromatic rings. The summed E-state index contributed by atoms with van der Waals surface area (Å²) in [5, 5.41) is 3.30. The minimum absolute atomic E-state index is 0.0292. The molecule has 1 spiro atoms. The van der Waals surface area contributed by atoms with E-state index in [2.05, 4.69) is 10.3 Å². The molecule has 4 heteroatoms. The molecule has 3 rings (SSSR count). The number of nitrogens with one attached hydrogen (secondary N) is 1. The van der Waals surface area contributed by atoms with Crippen LogP contribution in [-0.2, 0) is 0 Å². The summed E-state index contributed by atoms with van der Waals surface area (Å²) in [6, 6.07) is 1.49. The second kappa shape index (κ2) is 3.88. The molecule has 0 amide bonds. The highest BCUT2D eigenvalue weighted by Gasteiger charge is 2.57. The Labute approximate surface area is 99.4 Å². The van der Waals surface area contributed by atoms with Gasteiger partial charge in [0.1, 0.15) is 0 Å². The van der Waals surface area contributed by atoms with Crippen molar-refractivity contribution in [2.24, 2.45) is 11.3 Å². The second-order valence-corrected chi connectivity index (χ2v) is 5.09. The lowest BCUT2D eigenvalue weighted by Crippen LogP contribution is -2.30. The predicted molar refractivity (Wildman–Crippen MR) is 61.2 cm³/mol. The number of hydrogen-bond donors (Lipinski definition) is 1. The topological polar surface area (TPSA) is 42.0 Å². The van der Waals surface area contributed by atoms with Gasteiger partial charge < -0.3 is 5.32 Å². The maximum atomic E-state index is 13.5. The van der Waals surface area contributed by atoms with Crippen molar-refractivity contribution in [3.8, 4) is 0 Å². The van der Waals surface area contributed by atoms with Crippen molar-refractivity contribution in [3.05, 3.63) is 29.8 Å². The van der Waals surface area contributed by atoms with Gasteiger partial charge in [0.25, 0.3) is 0 Å². The number of pyridine rings is 1. The van der Waals surface area contributed by atoms with Gasteiger partial charge in [-0.05, 0) is 43.8 Å². The number of nitrogens with zero attached hydrogens (tertiary/aromatic N) is 1. The number of halogens is 1. The van der Waals surface area contributed by atoms with Gasteiger partial charge in [0.05, 0.1) is 11.8 Å². The van der Waals surface area contributed by atoms with Crippen LogP contribution in [0.2, 0.25) is 0 Å². The molecule has 1 N–H and O–H groups in total. The Morgan fingerprint density at radius 2 is 2.24 bits per heavy atom. The molecular weight excluding hydrogens is 219 g/mol. The first kappa shape index (κ1) is 10.8. The van der Waals surface area contributed by atoms with Crippen molar-refractivity contribution in [1.82, 2.24) is 10.3 Å². The maximum absolute atomic E-state index is 13.5. The summed E-state index contributed by atoms with van der Waals surface area (Å²) in [5.41, 5.74) is 0.373. The summed E-state index contributed by atoms with van der Waals surface area (Å²) in [6.07, 6.45) is 5.60. The average molecular weight is 234 g/mol. The molecule has 2 aliphatic rings. The summed E-state index contributed by atoms with van der Waals surface area (Å²) in [4.78, 5) is 15.9. The van der Waals surface area contributed by atoms with Crippen LogP contribution in [0.4, 0.5) is 4.39 Å². The standard InChI is InChI=1S/C13H15FN2O/c14-11-8-16-4-1-9(11)12(17)10-7-13(10)2-5-15-6-3-13/h1,4,8,10,15H,2-3,5-7H2. The van der Waals surface area contributed by atoms with E-state index in [0.717, 1.165) is 38.5 Å². The third kappa shape index (κ3) is 1.76. The third-order valence-electron chi connectivity index (χ3n) is 4.14. The SMILES string of the molecule is O=C(c1ccncc1F)C1CC12CCNCC2. The summed E-state index contributed by atoms with van der Waals surface area (Å²) in [5.74, 6) is -0.498. The van der Waals surface area contributed by atoms with Gasteiger partial charge in [0.2, 0.25) is 0 Å². The minimum atomic E-state index is -0.492. The molecule has 2 fully saturated rings. The van der Waals surface area contributed by atoms with Crippen molar-refractivity contribution in [2.45, 2.75) is 19.3 Å². The monoisotopic (exact) mass is 234 g/mol. The lowest BCUT2D eigenvalue weighted by molar-refractivity contribution is 0.0936. The number of carbonyl (C=O) groups is 1. The molecule has 1 saturated heterocycles. The molecule has 17 heavy (non-hydrogen) atoms. The van der Waals surface area contributed by atoms with Crippen molar-refractivity contribution in [1.29, 1.82) is 0 Å². The normalized spacial score (nSPS) is 25.8. The molecule has 1 aliphatic carbocycles. The molecule has 1 saturated carbocycles. The molecule has 1 unspecified atom stereocenters. The highest BCUT2D eigenvalue weighted by atomic mass is 19.1. The van der Waals surface area contributed by atoms with Crippen molar-refractivity contribution < 1.29 is 9.18 Å². The Balaban J connectivity index is 1.79. The first-order valence-corrected chi connectivity index (χ1v) is 6.07. The van der Waals surface area contributed by atoms with Gasteiger partial charge >= 0.3 is 0 Å². The maximum Gasteiger partial charge on any atom is 0.169 e. The zero-order valence-corrected chi connectivity index (χ0v) is 9.58. The first-order chi connectivity index (χ1) is 8.23. The van der Waals surface area contributed by atoms with Crippen molar-refractivity contribution >= 4 is 5.78 Å². The van der Waals surface area contributed by atoms with E-state index in [-0.39, 0.29) is 22.7 Å².